The molecule has 1 aromatic rings. The maximum Gasteiger partial charge on any atom is 0.0749 e. The second-order valence-electron chi connectivity index (χ2n) is 8.97. The summed E-state index contributed by atoms with van der Waals surface area (Å²) in [6, 6.07) is 4.75. The highest BCUT2D eigenvalue weighted by atomic mass is 31.1. The molecule has 0 spiro atoms. The molecule has 0 aliphatic rings. The van der Waals surface area contributed by atoms with Crippen LogP contribution in [0.1, 0.15) is 79.0 Å². The minimum Gasteiger partial charge on any atom is -0.232 e. The van der Waals surface area contributed by atoms with Crippen molar-refractivity contribution in [2.45, 2.75) is 78.6 Å². The molecule has 0 unspecified atom stereocenters. The van der Waals surface area contributed by atoms with E-state index in [-0.39, 0.29) is 16.2 Å². The SMILES string of the molecule is CP=Nc1c(C(C)(C)C)cc(C(C)(C)C)cc1C(C)(C)C. The Morgan fingerprint density at radius 1 is 0.714 bits per heavy atom. The van der Waals surface area contributed by atoms with Crippen LogP contribution in [-0.2, 0) is 16.2 Å². The van der Waals surface area contributed by atoms with Gasteiger partial charge in [0.15, 0.2) is 0 Å². The van der Waals surface area contributed by atoms with E-state index in [9.17, 15) is 0 Å². The van der Waals surface area contributed by atoms with Gasteiger partial charge in [-0.05, 0) is 39.6 Å². The van der Waals surface area contributed by atoms with Crippen molar-refractivity contribution in [1.82, 2.24) is 0 Å². The van der Waals surface area contributed by atoms with Gasteiger partial charge in [-0.15, -0.1) is 0 Å². The first-order valence-electron chi connectivity index (χ1n) is 7.78. The zero-order valence-electron chi connectivity index (χ0n) is 15.5. The van der Waals surface area contributed by atoms with Crippen LogP contribution >= 0.6 is 8.37 Å². The van der Waals surface area contributed by atoms with Crippen molar-refractivity contribution in [3.63, 3.8) is 0 Å². The first-order chi connectivity index (χ1) is 9.28. The van der Waals surface area contributed by atoms with Crippen LogP contribution in [0.2, 0.25) is 0 Å². The van der Waals surface area contributed by atoms with E-state index in [1.165, 1.54) is 22.4 Å². The topological polar surface area (TPSA) is 12.4 Å². The fourth-order valence-corrected chi connectivity index (χ4v) is 2.83. The maximum atomic E-state index is 4.83. The third kappa shape index (κ3) is 4.39. The lowest BCUT2D eigenvalue weighted by molar-refractivity contribution is 0.550. The quantitative estimate of drug-likeness (QED) is 0.497. The summed E-state index contributed by atoms with van der Waals surface area (Å²) in [4.78, 5) is 0. The second kappa shape index (κ2) is 5.84. The van der Waals surface area contributed by atoms with E-state index in [1.807, 2.05) is 0 Å². The predicted octanol–water partition coefficient (Wildman–Crippen LogP) is 6.97. The average Bonchev–Trinajstić information content (AvgIpc) is 2.24. The van der Waals surface area contributed by atoms with E-state index in [0.29, 0.717) is 0 Å². The van der Waals surface area contributed by atoms with Crippen molar-refractivity contribution in [2.24, 2.45) is 4.74 Å². The summed E-state index contributed by atoms with van der Waals surface area (Å²) in [6.07, 6.45) is 0. The molecule has 0 saturated carbocycles. The number of hydrogen-bond donors (Lipinski definition) is 0. The van der Waals surface area contributed by atoms with Gasteiger partial charge >= 0.3 is 0 Å². The molecule has 0 fully saturated rings. The summed E-state index contributed by atoms with van der Waals surface area (Å²) in [6.45, 7) is 22.7. The molecule has 0 atom stereocenters. The molecule has 2 heteroatoms. The number of nitrogens with zero attached hydrogens (tertiary/aromatic N) is 1. The van der Waals surface area contributed by atoms with Gasteiger partial charge in [0.25, 0.3) is 0 Å². The van der Waals surface area contributed by atoms with Gasteiger partial charge in [-0.25, -0.2) is 4.74 Å². The van der Waals surface area contributed by atoms with Crippen LogP contribution < -0.4 is 0 Å². The minimum atomic E-state index is 0.102. The summed E-state index contributed by atoms with van der Waals surface area (Å²) < 4.78 is 4.83. The fourth-order valence-electron chi connectivity index (χ4n) is 2.42. The fraction of sp³-hybridized carbons (Fsp3) is 0.684. The molecule has 0 radical (unpaired) electrons. The summed E-state index contributed by atoms with van der Waals surface area (Å²) in [7, 11) is 1.07. The third-order valence-corrected chi connectivity index (χ3v) is 4.19. The van der Waals surface area contributed by atoms with Crippen molar-refractivity contribution in [3.8, 4) is 0 Å². The highest BCUT2D eigenvalue weighted by molar-refractivity contribution is 7.25. The number of benzene rings is 1. The Labute approximate surface area is 133 Å². The van der Waals surface area contributed by atoms with Crippen LogP contribution in [-0.4, -0.2) is 6.66 Å². The van der Waals surface area contributed by atoms with Crippen LogP contribution in [0.15, 0.2) is 16.9 Å². The van der Waals surface area contributed by atoms with Gasteiger partial charge in [0.1, 0.15) is 0 Å². The Bertz CT molecular complexity index is 499. The predicted molar refractivity (Wildman–Crippen MR) is 97.5 cm³/mol. The summed E-state index contributed by atoms with van der Waals surface area (Å²) in [5.74, 6) is 0. The van der Waals surface area contributed by atoms with Gasteiger partial charge in [0.2, 0.25) is 0 Å². The van der Waals surface area contributed by atoms with E-state index >= 15 is 0 Å². The summed E-state index contributed by atoms with van der Waals surface area (Å²) >= 11 is 0. The number of hydrogen-bond acceptors (Lipinski definition) is 1. The Balaban J connectivity index is 3.84. The Kier molecular flexibility index (Phi) is 5.11. The molecule has 1 nitrogen and oxygen atoms in total. The smallest absolute Gasteiger partial charge is 0.0749 e. The van der Waals surface area contributed by atoms with Gasteiger partial charge in [-0.2, -0.15) is 0 Å². The average molecular weight is 305 g/mol. The molecule has 1 rings (SSSR count). The van der Waals surface area contributed by atoms with Crippen LogP contribution in [0.25, 0.3) is 0 Å². The zero-order chi connectivity index (χ0) is 16.6. The van der Waals surface area contributed by atoms with E-state index in [0.717, 1.165) is 8.37 Å². The Morgan fingerprint density at radius 2 is 1.10 bits per heavy atom. The molecule has 1 aromatic carbocycles. The summed E-state index contributed by atoms with van der Waals surface area (Å²) in [5, 5.41) is 0. The molecule has 0 amide bonds. The highest BCUT2D eigenvalue weighted by Crippen LogP contribution is 2.43. The molecular weight excluding hydrogens is 273 g/mol. The third-order valence-electron chi connectivity index (χ3n) is 3.79. The van der Waals surface area contributed by atoms with E-state index in [2.05, 4.69) is 81.1 Å². The minimum absolute atomic E-state index is 0.102. The van der Waals surface area contributed by atoms with Crippen molar-refractivity contribution >= 4 is 14.1 Å². The largest absolute Gasteiger partial charge is 0.232 e. The standard InChI is InChI=1S/C19H32NP/c1-17(2,3)13-11-14(18(4,5)6)16(20-21-10)15(12-13)19(7,8)9/h11-12H,1-10H3. The summed E-state index contributed by atoms with van der Waals surface area (Å²) in [5.41, 5.74) is 5.71. The van der Waals surface area contributed by atoms with Gasteiger partial charge in [-0.1, -0.05) is 74.4 Å². The van der Waals surface area contributed by atoms with Crippen molar-refractivity contribution < 1.29 is 0 Å². The molecule has 0 N–H and O–H groups in total. The van der Waals surface area contributed by atoms with Gasteiger partial charge in [-0.3, -0.25) is 0 Å². The highest BCUT2D eigenvalue weighted by Gasteiger charge is 2.28. The van der Waals surface area contributed by atoms with Gasteiger partial charge in [0, 0.05) is 8.37 Å². The molecule has 0 aliphatic heterocycles. The lowest BCUT2D eigenvalue weighted by atomic mass is 9.74. The Hall–Kier alpha value is -0.680. The van der Waals surface area contributed by atoms with E-state index in [4.69, 9.17) is 4.74 Å². The van der Waals surface area contributed by atoms with Crippen LogP contribution in [0.4, 0.5) is 5.69 Å². The first kappa shape index (κ1) is 18.4. The molecule has 0 bridgehead atoms. The van der Waals surface area contributed by atoms with E-state index < -0.39 is 0 Å². The maximum absolute atomic E-state index is 4.83. The lowest BCUT2D eigenvalue weighted by Gasteiger charge is -2.32. The van der Waals surface area contributed by atoms with Crippen LogP contribution in [0.3, 0.4) is 0 Å². The first-order valence-corrected chi connectivity index (χ1v) is 9.07. The number of rotatable bonds is 1. The molecule has 0 heterocycles. The van der Waals surface area contributed by atoms with Gasteiger partial charge < -0.3 is 0 Å². The van der Waals surface area contributed by atoms with E-state index in [1.54, 1.807) is 0 Å². The van der Waals surface area contributed by atoms with Gasteiger partial charge in [0.05, 0.1) is 5.69 Å². The molecule has 0 aliphatic carbocycles. The lowest BCUT2D eigenvalue weighted by Crippen LogP contribution is -2.21. The normalized spacial score (nSPS) is 14.0. The van der Waals surface area contributed by atoms with Crippen molar-refractivity contribution in [2.75, 3.05) is 6.66 Å². The Morgan fingerprint density at radius 3 is 1.33 bits per heavy atom. The molecule has 0 saturated heterocycles. The molecule has 0 aromatic heterocycles. The van der Waals surface area contributed by atoms with Crippen molar-refractivity contribution in [3.05, 3.63) is 28.8 Å². The molecule has 21 heavy (non-hydrogen) atoms. The molecular formula is C19H32NP. The second-order valence-corrected chi connectivity index (χ2v) is 9.57. The zero-order valence-corrected chi connectivity index (χ0v) is 16.4. The molecule has 118 valence electrons. The van der Waals surface area contributed by atoms with Crippen molar-refractivity contribution in [1.29, 1.82) is 0 Å². The van der Waals surface area contributed by atoms with Crippen LogP contribution in [0, 0.1) is 0 Å². The van der Waals surface area contributed by atoms with Crippen LogP contribution in [0.5, 0.6) is 0 Å². The monoisotopic (exact) mass is 305 g/mol.